The summed E-state index contributed by atoms with van der Waals surface area (Å²) in [7, 11) is 0. The first-order valence-corrected chi connectivity index (χ1v) is 7.02. The van der Waals surface area contributed by atoms with Gasteiger partial charge < -0.3 is 4.90 Å². The molecule has 1 N–H and O–H groups in total. The van der Waals surface area contributed by atoms with E-state index in [-0.39, 0.29) is 18.2 Å². The third-order valence-electron chi connectivity index (χ3n) is 4.16. The van der Waals surface area contributed by atoms with Gasteiger partial charge in [0.05, 0.1) is 11.7 Å². The van der Waals surface area contributed by atoms with Crippen LogP contribution in [0.2, 0.25) is 0 Å². The Morgan fingerprint density at radius 2 is 2.09 bits per heavy atom. The van der Waals surface area contributed by atoms with Crippen LogP contribution in [0.15, 0.2) is 24.4 Å². The van der Waals surface area contributed by atoms with Crippen molar-refractivity contribution in [2.45, 2.75) is 25.4 Å². The summed E-state index contributed by atoms with van der Waals surface area (Å²) in [5.74, 6) is -0.884. The molecular weight excluding hydrogens is 284 g/mol. The fourth-order valence-electron chi connectivity index (χ4n) is 3.05. The maximum absolute atomic E-state index is 12.6. The number of hydrogen-bond donors (Lipinski definition) is 1. The van der Waals surface area contributed by atoms with Gasteiger partial charge in [-0.2, -0.15) is 10.2 Å². The Kier molecular flexibility index (Phi) is 2.69. The van der Waals surface area contributed by atoms with Crippen LogP contribution in [0.3, 0.4) is 0 Å². The van der Waals surface area contributed by atoms with Crippen LogP contribution >= 0.6 is 0 Å². The lowest BCUT2D eigenvalue weighted by Crippen LogP contribution is -2.52. The van der Waals surface area contributed by atoms with E-state index in [1.54, 1.807) is 12.3 Å². The van der Waals surface area contributed by atoms with Crippen LogP contribution in [0.25, 0.3) is 10.9 Å². The first-order valence-electron chi connectivity index (χ1n) is 7.02. The molecule has 7 nitrogen and oxygen atoms in total. The van der Waals surface area contributed by atoms with E-state index in [4.69, 9.17) is 0 Å². The van der Waals surface area contributed by atoms with Gasteiger partial charge in [0.25, 0.3) is 5.91 Å². The van der Waals surface area contributed by atoms with Crippen LogP contribution < -0.4 is 5.32 Å². The molecule has 2 aromatic rings. The molecule has 110 valence electrons. The van der Waals surface area contributed by atoms with Crippen LogP contribution in [0.5, 0.6) is 0 Å². The fourth-order valence-corrected chi connectivity index (χ4v) is 3.05. The average Bonchev–Trinajstić information content (AvgIpc) is 2.82. The van der Waals surface area contributed by atoms with Crippen molar-refractivity contribution in [3.63, 3.8) is 0 Å². The molecular formula is C15H12N4O3. The molecule has 1 atom stereocenters. The van der Waals surface area contributed by atoms with Crippen LogP contribution in [0.4, 0.5) is 0 Å². The van der Waals surface area contributed by atoms with Crippen LogP contribution in [0, 0.1) is 0 Å². The Balaban J connectivity index is 1.71. The standard InChI is InChI=1S/C15H12N4O3/c20-13-2-1-12(14(21)17-13)19-7-9-5-8-3-4-16-18-11(8)6-10(9)15(19)22/h3-6,12H,1-2,7H2,(H,17,20,21). The predicted molar refractivity (Wildman–Crippen MR) is 75.6 cm³/mol. The second-order valence-electron chi connectivity index (χ2n) is 5.50. The number of fused-ring (bicyclic) bond motifs is 2. The van der Waals surface area contributed by atoms with E-state index in [9.17, 15) is 14.4 Å². The van der Waals surface area contributed by atoms with Crippen LogP contribution in [-0.2, 0) is 16.1 Å². The van der Waals surface area contributed by atoms with E-state index < -0.39 is 11.9 Å². The molecule has 1 fully saturated rings. The number of aromatic nitrogens is 2. The molecule has 22 heavy (non-hydrogen) atoms. The molecule has 1 aromatic carbocycles. The van der Waals surface area contributed by atoms with Crippen molar-refractivity contribution in [3.8, 4) is 0 Å². The third-order valence-corrected chi connectivity index (χ3v) is 4.16. The van der Waals surface area contributed by atoms with Gasteiger partial charge in [-0.25, -0.2) is 0 Å². The fraction of sp³-hybridized carbons (Fsp3) is 0.267. The van der Waals surface area contributed by atoms with Gasteiger partial charge in [-0.3, -0.25) is 19.7 Å². The lowest BCUT2D eigenvalue weighted by Gasteiger charge is -2.29. The Bertz CT molecular complexity index is 833. The van der Waals surface area contributed by atoms with E-state index in [1.807, 2.05) is 12.1 Å². The molecule has 2 aliphatic heterocycles. The molecule has 3 amide bonds. The van der Waals surface area contributed by atoms with E-state index >= 15 is 0 Å². The molecule has 1 unspecified atom stereocenters. The van der Waals surface area contributed by atoms with E-state index in [0.717, 1.165) is 10.9 Å². The third kappa shape index (κ3) is 1.86. The normalized spacial score (nSPS) is 21.2. The first-order chi connectivity index (χ1) is 10.6. The number of piperidine rings is 1. The smallest absolute Gasteiger partial charge is 0.255 e. The maximum Gasteiger partial charge on any atom is 0.255 e. The molecule has 0 saturated carbocycles. The molecule has 7 heteroatoms. The average molecular weight is 296 g/mol. The first kappa shape index (κ1) is 12.9. The highest BCUT2D eigenvalue weighted by Gasteiger charge is 2.39. The zero-order valence-corrected chi connectivity index (χ0v) is 11.6. The van der Waals surface area contributed by atoms with E-state index in [2.05, 4.69) is 15.5 Å². The van der Waals surface area contributed by atoms with Gasteiger partial charge in [-0.05, 0) is 30.2 Å². The molecule has 4 rings (SSSR count). The highest BCUT2D eigenvalue weighted by atomic mass is 16.2. The van der Waals surface area contributed by atoms with Gasteiger partial charge in [-0.1, -0.05) is 0 Å². The topological polar surface area (TPSA) is 92.3 Å². The Morgan fingerprint density at radius 1 is 1.23 bits per heavy atom. The Labute approximate surface area is 125 Å². The van der Waals surface area contributed by atoms with E-state index in [1.165, 1.54) is 4.90 Å². The second-order valence-corrected chi connectivity index (χ2v) is 5.50. The maximum atomic E-state index is 12.6. The lowest BCUT2D eigenvalue weighted by atomic mass is 10.0. The van der Waals surface area contributed by atoms with Gasteiger partial charge in [0.15, 0.2) is 0 Å². The van der Waals surface area contributed by atoms with Gasteiger partial charge in [-0.15, -0.1) is 0 Å². The monoisotopic (exact) mass is 296 g/mol. The Morgan fingerprint density at radius 3 is 2.91 bits per heavy atom. The van der Waals surface area contributed by atoms with E-state index in [0.29, 0.717) is 24.0 Å². The number of amides is 3. The minimum Gasteiger partial charge on any atom is -0.322 e. The predicted octanol–water partition coefficient (Wildman–Crippen LogP) is 0.391. The zero-order valence-electron chi connectivity index (χ0n) is 11.6. The van der Waals surface area contributed by atoms with Crippen molar-refractivity contribution in [1.29, 1.82) is 0 Å². The molecule has 0 bridgehead atoms. The summed E-state index contributed by atoms with van der Waals surface area (Å²) in [6.45, 7) is 0.374. The molecule has 0 radical (unpaired) electrons. The highest BCUT2D eigenvalue weighted by molar-refractivity contribution is 6.06. The number of carbonyl (C=O) groups is 3. The largest absolute Gasteiger partial charge is 0.322 e. The minimum absolute atomic E-state index is 0.197. The Hall–Kier alpha value is -2.83. The summed E-state index contributed by atoms with van der Waals surface area (Å²) >= 11 is 0. The van der Waals surface area contributed by atoms with Crippen LogP contribution in [-0.4, -0.2) is 38.9 Å². The quantitative estimate of drug-likeness (QED) is 0.769. The zero-order chi connectivity index (χ0) is 15.3. The molecule has 1 aromatic heterocycles. The van der Waals surface area contributed by atoms with Crippen molar-refractivity contribution in [2.24, 2.45) is 0 Å². The van der Waals surface area contributed by atoms with Gasteiger partial charge in [0.1, 0.15) is 6.04 Å². The number of benzene rings is 1. The number of carbonyl (C=O) groups excluding carboxylic acids is 3. The van der Waals surface area contributed by atoms with Gasteiger partial charge >= 0.3 is 0 Å². The molecule has 0 spiro atoms. The van der Waals surface area contributed by atoms with Gasteiger partial charge in [0.2, 0.25) is 11.8 Å². The number of nitrogens with zero attached hydrogens (tertiary/aromatic N) is 3. The minimum atomic E-state index is -0.591. The molecule has 0 aliphatic carbocycles. The van der Waals surface area contributed by atoms with Crippen molar-refractivity contribution in [1.82, 2.24) is 20.4 Å². The number of nitrogens with one attached hydrogen (secondary N) is 1. The summed E-state index contributed by atoms with van der Waals surface area (Å²) in [6, 6.07) is 4.86. The van der Waals surface area contributed by atoms with Gasteiger partial charge in [0, 0.05) is 23.9 Å². The lowest BCUT2D eigenvalue weighted by molar-refractivity contribution is -0.136. The van der Waals surface area contributed by atoms with Crippen LogP contribution in [0.1, 0.15) is 28.8 Å². The van der Waals surface area contributed by atoms with Crippen molar-refractivity contribution >= 4 is 28.6 Å². The van der Waals surface area contributed by atoms with Crippen molar-refractivity contribution in [3.05, 3.63) is 35.5 Å². The summed E-state index contributed by atoms with van der Waals surface area (Å²) < 4.78 is 0. The van der Waals surface area contributed by atoms with Crippen molar-refractivity contribution < 1.29 is 14.4 Å². The summed E-state index contributed by atoms with van der Waals surface area (Å²) in [6.07, 6.45) is 2.22. The molecule has 2 aliphatic rings. The molecule has 1 saturated heterocycles. The summed E-state index contributed by atoms with van der Waals surface area (Å²) in [5, 5.41) is 11.0. The van der Waals surface area contributed by atoms with Crippen molar-refractivity contribution in [2.75, 3.05) is 0 Å². The number of rotatable bonds is 1. The second kappa shape index (κ2) is 4.59. The number of hydrogen-bond acceptors (Lipinski definition) is 5. The number of imide groups is 1. The summed E-state index contributed by atoms with van der Waals surface area (Å²) in [5.41, 5.74) is 2.08. The SMILES string of the molecule is O=C1CCC(N2Cc3cc4ccnnc4cc3C2=O)C(=O)N1. The highest BCUT2D eigenvalue weighted by Crippen LogP contribution is 2.29. The summed E-state index contributed by atoms with van der Waals surface area (Å²) in [4.78, 5) is 37.3. The molecule has 3 heterocycles.